The minimum atomic E-state index is -0.649. The van der Waals surface area contributed by atoms with Crippen LogP contribution in [0.15, 0.2) is 10.5 Å². The summed E-state index contributed by atoms with van der Waals surface area (Å²) in [6, 6.07) is 1.52. The summed E-state index contributed by atoms with van der Waals surface area (Å²) in [5, 5.41) is 12.7. The highest BCUT2D eigenvalue weighted by Gasteiger charge is 2.26. The number of carbonyl (C=O) groups is 1. The highest BCUT2D eigenvalue weighted by Crippen LogP contribution is 2.27. The number of hydrogen-bond acceptors (Lipinski definition) is 4. The van der Waals surface area contributed by atoms with Crippen molar-refractivity contribution in [2.45, 2.75) is 44.2 Å². The van der Waals surface area contributed by atoms with Gasteiger partial charge in [0.05, 0.1) is 18.8 Å². The summed E-state index contributed by atoms with van der Waals surface area (Å²) in [6.45, 7) is 0.829. The quantitative estimate of drug-likeness (QED) is 0.846. The molecule has 21 heavy (non-hydrogen) atoms. The molecule has 1 amide bonds. The Bertz CT molecular complexity index is 550. The van der Waals surface area contributed by atoms with Crippen molar-refractivity contribution < 1.29 is 14.6 Å². The van der Waals surface area contributed by atoms with Gasteiger partial charge in [-0.05, 0) is 43.7 Å². The summed E-state index contributed by atoms with van der Waals surface area (Å²) >= 11 is 3.55. The first-order valence-electron chi connectivity index (χ1n) is 7.40. The van der Waals surface area contributed by atoms with E-state index in [0.29, 0.717) is 18.7 Å². The van der Waals surface area contributed by atoms with E-state index in [1.807, 2.05) is 0 Å². The minimum absolute atomic E-state index is 0.227. The summed E-state index contributed by atoms with van der Waals surface area (Å²) < 4.78 is 6.13. The van der Waals surface area contributed by atoms with Gasteiger partial charge >= 0.3 is 0 Å². The van der Waals surface area contributed by atoms with Crippen molar-refractivity contribution in [2.75, 3.05) is 13.2 Å². The van der Waals surface area contributed by atoms with E-state index < -0.39 is 6.10 Å². The molecule has 1 saturated heterocycles. The number of halogens is 1. The molecule has 1 aliphatic heterocycles. The Hall–Kier alpha value is -0.980. The van der Waals surface area contributed by atoms with E-state index >= 15 is 0 Å². The van der Waals surface area contributed by atoms with Crippen LogP contribution in [0.2, 0.25) is 0 Å². The second-order valence-electron chi connectivity index (χ2n) is 5.63. The van der Waals surface area contributed by atoms with E-state index in [9.17, 15) is 9.90 Å². The molecule has 1 aromatic rings. The van der Waals surface area contributed by atoms with Gasteiger partial charge in [0.2, 0.25) is 0 Å². The van der Waals surface area contributed by atoms with E-state index in [1.54, 1.807) is 6.07 Å². The first-order valence-corrected chi connectivity index (χ1v) is 8.19. The van der Waals surface area contributed by atoms with E-state index in [2.05, 4.69) is 26.2 Å². The first-order chi connectivity index (χ1) is 10.1. The van der Waals surface area contributed by atoms with Gasteiger partial charge in [0.25, 0.3) is 5.91 Å². The highest BCUT2D eigenvalue weighted by atomic mass is 79.9. The van der Waals surface area contributed by atoms with Crippen molar-refractivity contribution >= 4 is 21.8 Å². The Balaban J connectivity index is 1.76. The number of aryl methyl sites for hydroxylation is 1. The third-order valence-corrected chi connectivity index (χ3v) is 4.83. The van der Waals surface area contributed by atoms with E-state index in [0.717, 1.165) is 29.4 Å². The molecule has 5 nitrogen and oxygen atoms in total. The van der Waals surface area contributed by atoms with Gasteiger partial charge in [0.15, 0.2) is 0 Å². The van der Waals surface area contributed by atoms with Gasteiger partial charge in [-0.3, -0.25) is 4.79 Å². The molecule has 114 valence electrons. The molecule has 0 bridgehead atoms. The number of pyridine rings is 1. The molecule has 2 N–H and O–H groups in total. The van der Waals surface area contributed by atoms with Crippen molar-refractivity contribution in [2.24, 2.45) is 0 Å². The van der Waals surface area contributed by atoms with Gasteiger partial charge < -0.3 is 15.2 Å². The molecule has 1 aromatic heterocycles. The molecule has 0 unspecified atom stereocenters. The molecule has 2 atom stereocenters. The normalized spacial score (nSPS) is 25.2. The van der Waals surface area contributed by atoms with Gasteiger partial charge in [-0.15, -0.1) is 0 Å². The molecule has 1 fully saturated rings. The summed E-state index contributed by atoms with van der Waals surface area (Å²) in [6.07, 6.45) is 4.21. The molecule has 0 spiro atoms. The molecule has 0 saturated carbocycles. The zero-order valence-corrected chi connectivity index (χ0v) is 13.4. The fourth-order valence-corrected chi connectivity index (χ4v) is 3.55. The number of aromatic nitrogens is 1. The number of nitrogens with one attached hydrogen (secondary N) is 1. The SMILES string of the molecule is O=C(N[C@H]1CCOC[C@@H]1O)c1cc(Br)c2c(n1)CCCC2. The van der Waals surface area contributed by atoms with E-state index in [1.165, 1.54) is 12.0 Å². The minimum Gasteiger partial charge on any atom is -0.389 e. The lowest BCUT2D eigenvalue weighted by Crippen LogP contribution is -2.48. The molecule has 1 aliphatic carbocycles. The number of ether oxygens (including phenoxy) is 1. The molecule has 2 heterocycles. The first kappa shape index (κ1) is 14.9. The van der Waals surface area contributed by atoms with Crippen LogP contribution in [0.1, 0.15) is 41.0 Å². The van der Waals surface area contributed by atoms with Crippen molar-refractivity contribution in [3.63, 3.8) is 0 Å². The maximum atomic E-state index is 12.4. The predicted molar refractivity (Wildman–Crippen MR) is 81.3 cm³/mol. The maximum Gasteiger partial charge on any atom is 0.270 e. The van der Waals surface area contributed by atoms with Crippen LogP contribution in [0.25, 0.3) is 0 Å². The Labute approximate surface area is 132 Å². The Morgan fingerprint density at radius 1 is 1.43 bits per heavy atom. The summed E-state index contributed by atoms with van der Waals surface area (Å²) in [5.41, 5.74) is 2.67. The lowest BCUT2D eigenvalue weighted by Gasteiger charge is -2.28. The molecule has 0 radical (unpaired) electrons. The van der Waals surface area contributed by atoms with Crippen LogP contribution in [-0.4, -0.2) is 41.4 Å². The second kappa shape index (κ2) is 6.42. The van der Waals surface area contributed by atoms with Crippen molar-refractivity contribution in [3.8, 4) is 0 Å². The van der Waals surface area contributed by atoms with Crippen LogP contribution in [0.4, 0.5) is 0 Å². The Morgan fingerprint density at radius 2 is 2.24 bits per heavy atom. The van der Waals surface area contributed by atoms with Crippen LogP contribution in [0.5, 0.6) is 0 Å². The topological polar surface area (TPSA) is 71.5 Å². The summed E-state index contributed by atoms with van der Waals surface area (Å²) in [4.78, 5) is 16.9. The van der Waals surface area contributed by atoms with Gasteiger partial charge in [-0.1, -0.05) is 15.9 Å². The maximum absolute atomic E-state index is 12.4. The summed E-state index contributed by atoms with van der Waals surface area (Å²) in [5.74, 6) is -0.227. The molecule has 6 heteroatoms. The Kier molecular flexibility index (Phi) is 4.57. The fraction of sp³-hybridized carbons (Fsp3) is 0.600. The Morgan fingerprint density at radius 3 is 3.05 bits per heavy atom. The fourth-order valence-electron chi connectivity index (χ4n) is 2.90. The lowest BCUT2D eigenvalue weighted by atomic mass is 9.96. The molecular formula is C15H19BrN2O3. The van der Waals surface area contributed by atoms with Crippen LogP contribution in [0.3, 0.4) is 0 Å². The standard InChI is InChI=1S/C15H19BrN2O3/c16-10-7-13(17-11-4-2-1-3-9(10)11)15(20)18-12-5-6-21-8-14(12)19/h7,12,14,19H,1-6,8H2,(H,18,20)/t12-,14-/m0/s1. The molecule has 3 rings (SSSR count). The van der Waals surface area contributed by atoms with Crippen molar-refractivity contribution in [1.82, 2.24) is 10.3 Å². The van der Waals surface area contributed by atoms with E-state index in [-0.39, 0.29) is 18.6 Å². The number of nitrogens with zero attached hydrogens (tertiary/aromatic N) is 1. The number of carbonyl (C=O) groups excluding carboxylic acids is 1. The number of aliphatic hydroxyl groups excluding tert-OH is 1. The molecular weight excluding hydrogens is 336 g/mol. The van der Waals surface area contributed by atoms with Crippen LogP contribution < -0.4 is 5.32 Å². The van der Waals surface area contributed by atoms with E-state index in [4.69, 9.17) is 4.74 Å². The average Bonchev–Trinajstić information content (AvgIpc) is 2.49. The number of fused-ring (bicyclic) bond motifs is 1. The third kappa shape index (κ3) is 3.27. The zero-order chi connectivity index (χ0) is 14.8. The number of amides is 1. The molecule has 2 aliphatic rings. The second-order valence-corrected chi connectivity index (χ2v) is 6.49. The van der Waals surface area contributed by atoms with Gasteiger partial charge in [-0.2, -0.15) is 0 Å². The van der Waals surface area contributed by atoms with Crippen molar-refractivity contribution in [3.05, 3.63) is 27.5 Å². The van der Waals surface area contributed by atoms with Crippen LogP contribution in [-0.2, 0) is 17.6 Å². The van der Waals surface area contributed by atoms with Gasteiger partial charge in [0.1, 0.15) is 5.69 Å². The van der Waals surface area contributed by atoms with Gasteiger partial charge in [-0.25, -0.2) is 4.98 Å². The van der Waals surface area contributed by atoms with Crippen molar-refractivity contribution in [1.29, 1.82) is 0 Å². The monoisotopic (exact) mass is 354 g/mol. The lowest BCUT2D eigenvalue weighted by molar-refractivity contribution is -0.0261. The van der Waals surface area contributed by atoms with Crippen LogP contribution in [0, 0.1) is 0 Å². The van der Waals surface area contributed by atoms with Crippen LogP contribution >= 0.6 is 15.9 Å². The third-order valence-electron chi connectivity index (χ3n) is 4.12. The largest absolute Gasteiger partial charge is 0.389 e. The number of hydrogen-bond donors (Lipinski definition) is 2. The number of aliphatic hydroxyl groups is 1. The average molecular weight is 355 g/mol. The zero-order valence-electron chi connectivity index (χ0n) is 11.8. The smallest absolute Gasteiger partial charge is 0.270 e. The number of rotatable bonds is 2. The summed E-state index contributed by atoms with van der Waals surface area (Å²) in [7, 11) is 0. The predicted octanol–water partition coefficient (Wildman–Crippen LogP) is 1.60. The molecule has 0 aromatic carbocycles. The van der Waals surface area contributed by atoms with Gasteiger partial charge in [0, 0.05) is 16.8 Å². The highest BCUT2D eigenvalue weighted by molar-refractivity contribution is 9.10.